The summed E-state index contributed by atoms with van der Waals surface area (Å²) in [6.07, 6.45) is 1.61. The molecule has 2 heterocycles. The van der Waals surface area contributed by atoms with E-state index in [1.165, 1.54) is 12.0 Å². The number of methoxy groups -OCH3 is 1. The fraction of sp³-hybridized carbons (Fsp3) is 0.125. The van der Waals surface area contributed by atoms with Crippen LogP contribution in [0.4, 0.5) is 0 Å². The summed E-state index contributed by atoms with van der Waals surface area (Å²) in [5.74, 6) is -1.21. The molecule has 1 aliphatic rings. The van der Waals surface area contributed by atoms with E-state index in [1.54, 1.807) is 66.9 Å². The monoisotopic (exact) mass is 468 g/mol. The molecule has 0 bridgehead atoms. The molecule has 1 unspecified atom stereocenters. The van der Waals surface area contributed by atoms with Gasteiger partial charge in [-0.2, -0.15) is 0 Å². The van der Waals surface area contributed by atoms with Gasteiger partial charge in [-0.05, 0) is 54.1 Å². The van der Waals surface area contributed by atoms with Crippen LogP contribution in [0.25, 0.3) is 5.76 Å². The number of halogens is 2. The van der Waals surface area contributed by atoms with E-state index < -0.39 is 17.7 Å². The van der Waals surface area contributed by atoms with Gasteiger partial charge in [0, 0.05) is 11.8 Å². The van der Waals surface area contributed by atoms with Crippen LogP contribution >= 0.6 is 23.2 Å². The Labute approximate surface area is 194 Å². The van der Waals surface area contributed by atoms with Crippen molar-refractivity contribution < 1.29 is 19.4 Å². The Hall–Kier alpha value is -3.35. The molecule has 8 heteroatoms. The molecule has 3 aromatic rings. The minimum Gasteiger partial charge on any atom is -0.507 e. The molecule has 4 rings (SSSR count). The van der Waals surface area contributed by atoms with Crippen molar-refractivity contribution in [3.8, 4) is 5.75 Å². The van der Waals surface area contributed by atoms with Crippen molar-refractivity contribution >= 4 is 40.7 Å². The quantitative estimate of drug-likeness (QED) is 0.323. The Morgan fingerprint density at radius 3 is 2.44 bits per heavy atom. The van der Waals surface area contributed by atoms with Crippen molar-refractivity contribution in [2.45, 2.75) is 12.6 Å². The van der Waals surface area contributed by atoms with E-state index in [0.717, 1.165) is 0 Å². The number of benzene rings is 2. The van der Waals surface area contributed by atoms with Gasteiger partial charge in [-0.15, -0.1) is 0 Å². The highest BCUT2D eigenvalue weighted by Crippen LogP contribution is 2.41. The molecular weight excluding hydrogens is 451 g/mol. The molecule has 1 fully saturated rings. The van der Waals surface area contributed by atoms with Gasteiger partial charge in [0.05, 0.1) is 41.0 Å². The molecule has 2 aromatic carbocycles. The molecule has 0 aliphatic carbocycles. The first kappa shape index (κ1) is 21.9. The number of carbonyl (C=O) groups excluding carboxylic acids is 2. The maximum atomic E-state index is 13.1. The van der Waals surface area contributed by atoms with E-state index >= 15 is 0 Å². The molecule has 0 radical (unpaired) electrons. The first-order valence-electron chi connectivity index (χ1n) is 9.68. The fourth-order valence-electron chi connectivity index (χ4n) is 3.64. The second-order valence-electron chi connectivity index (χ2n) is 7.15. The Bertz CT molecular complexity index is 1210. The van der Waals surface area contributed by atoms with E-state index in [0.29, 0.717) is 27.6 Å². The SMILES string of the molecule is COc1ccc(/C(O)=C2/C(=O)C(=O)N(Cc3ccccn3)C2c2ccc(Cl)c(Cl)c2)cc1. The normalized spacial score (nSPS) is 17.6. The number of aliphatic hydroxyl groups excluding tert-OH is 1. The Morgan fingerprint density at radius 1 is 1.06 bits per heavy atom. The zero-order valence-corrected chi connectivity index (χ0v) is 18.5. The molecule has 1 amide bonds. The first-order chi connectivity index (χ1) is 15.4. The zero-order valence-electron chi connectivity index (χ0n) is 17.0. The van der Waals surface area contributed by atoms with Gasteiger partial charge in [0.1, 0.15) is 11.5 Å². The summed E-state index contributed by atoms with van der Waals surface area (Å²) < 4.78 is 5.15. The number of rotatable bonds is 5. The number of amides is 1. The average molecular weight is 469 g/mol. The minimum absolute atomic E-state index is 0.0329. The van der Waals surface area contributed by atoms with Crippen LogP contribution in [0, 0.1) is 0 Å². The molecule has 1 aromatic heterocycles. The lowest BCUT2D eigenvalue weighted by Gasteiger charge is -2.25. The second-order valence-corrected chi connectivity index (χ2v) is 7.96. The summed E-state index contributed by atoms with van der Waals surface area (Å²) in [7, 11) is 1.53. The maximum Gasteiger partial charge on any atom is 0.296 e. The molecule has 1 saturated heterocycles. The molecule has 0 saturated carbocycles. The second kappa shape index (κ2) is 9.02. The van der Waals surface area contributed by atoms with Crippen molar-refractivity contribution in [3.05, 3.63) is 99.3 Å². The highest BCUT2D eigenvalue weighted by Gasteiger charge is 2.46. The Kier molecular flexibility index (Phi) is 6.17. The number of aliphatic hydroxyl groups is 1. The summed E-state index contributed by atoms with van der Waals surface area (Å²) in [5, 5.41) is 11.7. The van der Waals surface area contributed by atoms with Crippen molar-refractivity contribution in [1.29, 1.82) is 0 Å². The van der Waals surface area contributed by atoms with E-state index in [9.17, 15) is 14.7 Å². The van der Waals surface area contributed by atoms with Gasteiger partial charge in [-0.3, -0.25) is 14.6 Å². The average Bonchev–Trinajstić information content (AvgIpc) is 3.06. The number of hydrogen-bond acceptors (Lipinski definition) is 5. The van der Waals surface area contributed by atoms with Gasteiger partial charge in [0.2, 0.25) is 0 Å². The topological polar surface area (TPSA) is 79.7 Å². The zero-order chi connectivity index (χ0) is 22.8. The van der Waals surface area contributed by atoms with E-state index in [4.69, 9.17) is 27.9 Å². The number of Topliss-reactive ketones (excluding diaryl/α,β-unsaturated/α-hetero) is 1. The predicted molar refractivity (Wildman–Crippen MR) is 122 cm³/mol. The van der Waals surface area contributed by atoms with Crippen molar-refractivity contribution in [1.82, 2.24) is 9.88 Å². The molecular formula is C24H18Cl2N2O4. The lowest BCUT2D eigenvalue weighted by Crippen LogP contribution is -2.29. The van der Waals surface area contributed by atoms with Gasteiger partial charge in [-0.25, -0.2) is 0 Å². The van der Waals surface area contributed by atoms with Crippen LogP contribution in [0.2, 0.25) is 10.0 Å². The highest BCUT2D eigenvalue weighted by atomic mass is 35.5. The summed E-state index contributed by atoms with van der Waals surface area (Å²) in [4.78, 5) is 31.7. The molecule has 0 spiro atoms. The van der Waals surface area contributed by atoms with Crippen LogP contribution in [0.15, 0.2) is 72.4 Å². The molecule has 1 aliphatic heterocycles. The molecule has 1 atom stereocenters. The van der Waals surface area contributed by atoms with Crippen LogP contribution in [-0.2, 0) is 16.1 Å². The summed E-state index contributed by atoms with van der Waals surface area (Å²) in [5.41, 5.74) is 1.50. The number of ketones is 1. The van der Waals surface area contributed by atoms with Crippen molar-refractivity contribution in [3.63, 3.8) is 0 Å². The number of ether oxygens (including phenoxy) is 1. The standard InChI is InChI=1S/C24H18Cl2N2O4/c1-32-17-8-5-14(6-9-17)22(29)20-21(15-7-10-18(25)19(26)12-15)28(24(31)23(20)30)13-16-4-2-3-11-27-16/h2-12,21,29H,13H2,1H3/b22-20-. The number of nitrogens with zero attached hydrogens (tertiary/aromatic N) is 2. The van der Waals surface area contributed by atoms with Crippen molar-refractivity contribution in [2.75, 3.05) is 7.11 Å². The highest BCUT2D eigenvalue weighted by molar-refractivity contribution is 6.46. The third-order valence-corrected chi connectivity index (χ3v) is 5.96. The summed E-state index contributed by atoms with van der Waals surface area (Å²) in [6, 6.07) is 15.9. The van der Waals surface area contributed by atoms with Gasteiger partial charge < -0.3 is 14.7 Å². The number of hydrogen-bond donors (Lipinski definition) is 1. The number of likely N-dealkylation sites (tertiary alicyclic amines) is 1. The number of aromatic nitrogens is 1. The molecule has 6 nitrogen and oxygen atoms in total. The molecule has 1 N–H and O–H groups in total. The number of pyridine rings is 1. The third kappa shape index (κ3) is 4.07. The van der Waals surface area contributed by atoms with E-state index in [2.05, 4.69) is 4.98 Å². The summed E-state index contributed by atoms with van der Waals surface area (Å²) in [6.45, 7) is 0.0791. The fourth-order valence-corrected chi connectivity index (χ4v) is 3.95. The van der Waals surface area contributed by atoms with Crippen LogP contribution in [0.1, 0.15) is 22.9 Å². The van der Waals surface area contributed by atoms with Crippen LogP contribution in [0.5, 0.6) is 5.75 Å². The van der Waals surface area contributed by atoms with Crippen LogP contribution in [-0.4, -0.2) is 33.8 Å². The van der Waals surface area contributed by atoms with Crippen LogP contribution < -0.4 is 4.74 Å². The largest absolute Gasteiger partial charge is 0.507 e. The van der Waals surface area contributed by atoms with Gasteiger partial charge in [-0.1, -0.05) is 35.3 Å². The first-order valence-corrected chi connectivity index (χ1v) is 10.4. The predicted octanol–water partition coefficient (Wildman–Crippen LogP) is 5.02. The van der Waals surface area contributed by atoms with Gasteiger partial charge in [0.15, 0.2) is 0 Å². The Balaban J connectivity index is 1.86. The lowest BCUT2D eigenvalue weighted by atomic mass is 9.95. The van der Waals surface area contributed by atoms with E-state index in [1.807, 2.05) is 0 Å². The van der Waals surface area contributed by atoms with Crippen LogP contribution in [0.3, 0.4) is 0 Å². The molecule has 162 valence electrons. The number of carbonyl (C=O) groups is 2. The summed E-state index contributed by atoms with van der Waals surface area (Å²) >= 11 is 12.3. The van der Waals surface area contributed by atoms with Crippen molar-refractivity contribution in [2.24, 2.45) is 0 Å². The van der Waals surface area contributed by atoms with E-state index in [-0.39, 0.29) is 22.9 Å². The smallest absolute Gasteiger partial charge is 0.296 e. The maximum absolute atomic E-state index is 13.1. The van der Waals surface area contributed by atoms with Gasteiger partial charge >= 0.3 is 0 Å². The minimum atomic E-state index is -0.867. The lowest BCUT2D eigenvalue weighted by molar-refractivity contribution is -0.140. The third-order valence-electron chi connectivity index (χ3n) is 5.22. The van der Waals surface area contributed by atoms with Gasteiger partial charge in [0.25, 0.3) is 11.7 Å². The molecule has 32 heavy (non-hydrogen) atoms. The Morgan fingerprint density at radius 2 is 1.81 bits per heavy atom.